The van der Waals surface area contributed by atoms with E-state index in [1.807, 2.05) is 51.1 Å². The van der Waals surface area contributed by atoms with E-state index in [9.17, 15) is 4.79 Å². The lowest BCUT2D eigenvalue weighted by atomic mass is 10.1. The fourth-order valence-electron chi connectivity index (χ4n) is 1.36. The van der Waals surface area contributed by atoms with E-state index >= 15 is 0 Å². The molecule has 0 bridgehead atoms. The Bertz CT molecular complexity index is 416. The Morgan fingerprint density at radius 2 is 2.00 bits per heavy atom. The van der Waals surface area contributed by atoms with Gasteiger partial charge in [-0.3, -0.25) is 0 Å². The minimum atomic E-state index is -0.484. The van der Waals surface area contributed by atoms with Gasteiger partial charge in [-0.1, -0.05) is 30.4 Å². The third kappa shape index (κ3) is 4.41. The van der Waals surface area contributed by atoms with Gasteiger partial charge in [-0.15, -0.1) is 0 Å². The maximum absolute atomic E-state index is 12.0. The molecule has 0 atom stereocenters. The van der Waals surface area contributed by atoms with Gasteiger partial charge in [0.1, 0.15) is 5.60 Å². The molecular weight excluding hydrogens is 214 g/mol. The van der Waals surface area contributed by atoms with Crippen LogP contribution in [0.5, 0.6) is 0 Å². The van der Waals surface area contributed by atoms with E-state index in [1.54, 1.807) is 6.07 Å². The van der Waals surface area contributed by atoms with Crippen LogP contribution in [0.15, 0.2) is 30.3 Å². The van der Waals surface area contributed by atoms with Crippen molar-refractivity contribution in [2.45, 2.75) is 26.4 Å². The van der Waals surface area contributed by atoms with Gasteiger partial charge in [0.2, 0.25) is 0 Å². The van der Waals surface area contributed by atoms with Crippen molar-refractivity contribution in [1.29, 1.82) is 0 Å². The van der Waals surface area contributed by atoms with Crippen LogP contribution in [0.2, 0.25) is 0 Å². The average Bonchev–Trinajstić information content (AvgIpc) is 2.24. The van der Waals surface area contributed by atoms with Crippen LogP contribution in [0.3, 0.4) is 0 Å². The molecule has 1 aromatic rings. The highest BCUT2D eigenvalue weighted by atomic mass is 16.6. The first-order chi connectivity index (χ1) is 7.94. The highest BCUT2D eigenvalue weighted by molar-refractivity contribution is 5.93. The van der Waals surface area contributed by atoms with Gasteiger partial charge in [0, 0.05) is 6.54 Å². The van der Waals surface area contributed by atoms with Gasteiger partial charge in [-0.25, -0.2) is 4.79 Å². The number of nitrogens with two attached hydrogens (primary N) is 1. The van der Waals surface area contributed by atoms with E-state index in [1.165, 1.54) is 0 Å². The summed E-state index contributed by atoms with van der Waals surface area (Å²) >= 11 is 0. The maximum Gasteiger partial charge on any atom is 0.339 e. The second-order valence-electron chi connectivity index (χ2n) is 4.73. The molecule has 0 amide bonds. The van der Waals surface area contributed by atoms with Crippen molar-refractivity contribution in [3.8, 4) is 0 Å². The first kappa shape index (κ1) is 13.5. The van der Waals surface area contributed by atoms with Crippen LogP contribution >= 0.6 is 0 Å². The smallest absolute Gasteiger partial charge is 0.339 e. The molecule has 0 aliphatic rings. The summed E-state index contributed by atoms with van der Waals surface area (Å²) in [5.74, 6) is -0.310. The second kappa shape index (κ2) is 5.64. The molecule has 17 heavy (non-hydrogen) atoms. The lowest BCUT2D eigenvalue weighted by Crippen LogP contribution is -2.24. The van der Waals surface area contributed by atoms with Gasteiger partial charge < -0.3 is 10.5 Å². The molecule has 0 saturated heterocycles. The number of hydrogen-bond acceptors (Lipinski definition) is 3. The monoisotopic (exact) mass is 233 g/mol. The van der Waals surface area contributed by atoms with E-state index in [4.69, 9.17) is 10.5 Å². The number of carbonyl (C=O) groups excluding carboxylic acids is 1. The number of carbonyl (C=O) groups is 1. The largest absolute Gasteiger partial charge is 0.456 e. The molecule has 3 heteroatoms. The molecule has 0 fully saturated rings. The minimum absolute atomic E-state index is 0.310. The zero-order valence-corrected chi connectivity index (χ0v) is 10.6. The number of rotatable bonds is 3. The summed E-state index contributed by atoms with van der Waals surface area (Å²) < 4.78 is 5.34. The molecule has 1 rings (SSSR count). The average molecular weight is 233 g/mol. The molecule has 1 aromatic carbocycles. The van der Waals surface area contributed by atoms with E-state index in [-0.39, 0.29) is 5.97 Å². The van der Waals surface area contributed by atoms with Gasteiger partial charge in [0.15, 0.2) is 0 Å². The summed E-state index contributed by atoms with van der Waals surface area (Å²) in [7, 11) is 0. The maximum atomic E-state index is 12.0. The van der Waals surface area contributed by atoms with Crippen molar-refractivity contribution >= 4 is 12.0 Å². The Labute approximate surface area is 102 Å². The SMILES string of the molecule is CC(C)(C)OC(=O)c1ccccc1C=CCN. The van der Waals surface area contributed by atoms with Crippen molar-refractivity contribution < 1.29 is 9.53 Å². The molecule has 0 aromatic heterocycles. The summed E-state index contributed by atoms with van der Waals surface area (Å²) in [6.45, 7) is 6.00. The lowest BCUT2D eigenvalue weighted by Gasteiger charge is -2.20. The zero-order valence-electron chi connectivity index (χ0n) is 10.6. The van der Waals surface area contributed by atoms with Crippen molar-refractivity contribution in [1.82, 2.24) is 0 Å². The molecular formula is C14H19NO2. The van der Waals surface area contributed by atoms with E-state index in [0.29, 0.717) is 12.1 Å². The lowest BCUT2D eigenvalue weighted by molar-refractivity contribution is 0.00693. The Morgan fingerprint density at radius 1 is 1.35 bits per heavy atom. The minimum Gasteiger partial charge on any atom is -0.456 e. The van der Waals surface area contributed by atoms with Crippen LogP contribution in [0.4, 0.5) is 0 Å². The van der Waals surface area contributed by atoms with Gasteiger partial charge in [-0.05, 0) is 32.4 Å². The molecule has 2 N–H and O–H groups in total. The van der Waals surface area contributed by atoms with Crippen LogP contribution in [0.1, 0.15) is 36.7 Å². The highest BCUT2D eigenvalue weighted by Crippen LogP contribution is 2.16. The first-order valence-corrected chi connectivity index (χ1v) is 5.63. The molecule has 0 aliphatic heterocycles. The van der Waals surface area contributed by atoms with Crippen LogP contribution in [0, 0.1) is 0 Å². The fraction of sp³-hybridized carbons (Fsp3) is 0.357. The Kier molecular flexibility index (Phi) is 4.46. The number of esters is 1. The van der Waals surface area contributed by atoms with E-state index in [2.05, 4.69) is 0 Å². The second-order valence-corrected chi connectivity index (χ2v) is 4.73. The third-order valence-electron chi connectivity index (χ3n) is 2.01. The summed E-state index contributed by atoms with van der Waals surface area (Å²) in [4.78, 5) is 12.0. The predicted molar refractivity (Wildman–Crippen MR) is 69.7 cm³/mol. The van der Waals surface area contributed by atoms with Gasteiger partial charge in [0.05, 0.1) is 5.56 Å². The summed E-state index contributed by atoms with van der Waals surface area (Å²) in [6.07, 6.45) is 3.64. The van der Waals surface area contributed by atoms with Gasteiger partial charge >= 0.3 is 5.97 Å². The Morgan fingerprint density at radius 3 is 2.59 bits per heavy atom. The van der Waals surface area contributed by atoms with Crippen LogP contribution in [-0.2, 0) is 4.74 Å². The molecule has 92 valence electrons. The fourth-order valence-corrected chi connectivity index (χ4v) is 1.36. The first-order valence-electron chi connectivity index (χ1n) is 5.63. The van der Waals surface area contributed by atoms with Crippen molar-refractivity contribution in [2.24, 2.45) is 5.73 Å². The van der Waals surface area contributed by atoms with Crippen LogP contribution in [0.25, 0.3) is 6.08 Å². The van der Waals surface area contributed by atoms with Crippen molar-refractivity contribution in [2.75, 3.05) is 6.54 Å². The summed E-state index contributed by atoms with van der Waals surface area (Å²) in [5.41, 5.74) is 6.31. The number of ether oxygens (including phenoxy) is 1. The van der Waals surface area contributed by atoms with E-state index < -0.39 is 5.60 Å². The Balaban J connectivity index is 2.97. The summed E-state index contributed by atoms with van der Waals surface area (Å²) in [5, 5.41) is 0. The molecule has 3 nitrogen and oxygen atoms in total. The van der Waals surface area contributed by atoms with E-state index in [0.717, 1.165) is 5.56 Å². The number of hydrogen-bond donors (Lipinski definition) is 1. The third-order valence-corrected chi connectivity index (χ3v) is 2.01. The zero-order chi connectivity index (χ0) is 12.9. The standard InChI is InChI=1S/C14H19NO2/c1-14(2,3)17-13(16)12-9-5-4-7-11(12)8-6-10-15/h4-9H,10,15H2,1-3H3. The molecule has 0 aliphatic carbocycles. The van der Waals surface area contributed by atoms with Crippen molar-refractivity contribution in [3.05, 3.63) is 41.5 Å². The highest BCUT2D eigenvalue weighted by Gasteiger charge is 2.19. The van der Waals surface area contributed by atoms with Gasteiger partial charge in [-0.2, -0.15) is 0 Å². The molecule has 0 saturated carbocycles. The predicted octanol–water partition coefficient (Wildman–Crippen LogP) is 2.61. The molecule has 0 heterocycles. The molecule has 0 radical (unpaired) electrons. The van der Waals surface area contributed by atoms with Gasteiger partial charge in [0.25, 0.3) is 0 Å². The van der Waals surface area contributed by atoms with Crippen molar-refractivity contribution in [3.63, 3.8) is 0 Å². The van der Waals surface area contributed by atoms with Crippen LogP contribution < -0.4 is 5.73 Å². The van der Waals surface area contributed by atoms with Crippen LogP contribution in [-0.4, -0.2) is 18.1 Å². The molecule has 0 unspecified atom stereocenters. The topological polar surface area (TPSA) is 52.3 Å². The quantitative estimate of drug-likeness (QED) is 0.816. The normalized spacial score (nSPS) is 11.8. The summed E-state index contributed by atoms with van der Waals surface area (Å²) in [6, 6.07) is 7.32. The number of benzene rings is 1. The molecule has 0 spiro atoms. The Hall–Kier alpha value is -1.61.